The molecule has 7 heteroatoms. The number of nitrogens with two attached hydrogens (primary N) is 1. The van der Waals surface area contributed by atoms with Crippen molar-refractivity contribution in [3.63, 3.8) is 0 Å². The van der Waals surface area contributed by atoms with Gasteiger partial charge in [-0.15, -0.1) is 0 Å². The number of thiazole rings is 1. The van der Waals surface area contributed by atoms with Gasteiger partial charge in [-0.05, 0) is 30.5 Å². The maximum absolute atomic E-state index is 12.3. The number of nitrogens with zero attached hydrogens (tertiary/aromatic N) is 2. The summed E-state index contributed by atoms with van der Waals surface area (Å²) in [6.45, 7) is 3.15. The number of carbonyl (C=O) groups excluding carboxylic acids is 2. The number of nitrogen functional groups attached to an aromatic ring is 1. The molecule has 1 aromatic heterocycles. The topological polar surface area (TPSA) is 88.3 Å². The molecule has 2 amide bonds. The van der Waals surface area contributed by atoms with Gasteiger partial charge in [0.1, 0.15) is 4.88 Å². The lowest BCUT2D eigenvalue weighted by Gasteiger charge is -2.16. The van der Waals surface area contributed by atoms with E-state index >= 15 is 0 Å². The van der Waals surface area contributed by atoms with Crippen LogP contribution in [0.25, 0.3) is 0 Å². The first-order valence-electron chi connectivity index (χ1n) is 8.01. The summed E-state index contributed by atoms with van der Waals surface area (Å²) < 4.78 is 0. The van der Waals surface area contributed by atoms with Crippen LogP contribution in [0.1, 0.15) is 40.7 Å². The summed E-state index contributed by atoms with van der Waals surface area (Å²) in [6.07, 6.45) is 2.21. The van der Waals surface area contributed by atoms with E-state index in [4.69, 9.17) is 5.73 Å². The Labute approximate surface area is 144 Å². The first-order chi connectivity index (χ1) is 11.6. The van der Waals surface area contributed by atoms with Crippen LogP contribution in [0.4, 0.5) is 10.8 Å². The van der Waals surface area contributed by atoms with Crippen molar-refractivity contribution in [3.8, 4) is 0 Å². The second kappa shape index (κ2) is 7.00. The van der Waals surface area contributed by atoms with Gasteiger partial charge >= 0.3 is 0 Å². The molecule has 1 aliphatic heterocycles. The number of aromatic nitrogens is 1. The molecule has 1 aliphatic rings. The number of aryl methyl sites for hydroxylation is 1. The molecule has 3 N–H and O–H groups in total. The van der Waals surface area contributed by atoms with Gasteiger partial charge in [0, 0.05) is 25.2 Å². The van der Waals surface area contributed by atoms with Crippen LogP contribution in [0, 0.1) is 0 Å². The largest absolute Gasteiger partial charge is 0.375 e. The molecule has 0 unspecified atom stereocenters. The van der Waals surface area contributed by atoms with E-state index in [9.17, 15) is 9.59 Å². The van der Waals surface area contributed by atoms with E-state index in [0.717, 1.165) is 29.9 Å². The minimum atomic E-state index is -0.153. The van der Waals surface area contributed by atoms with Crippen molar-refractivity contribution in [3.05, 3.63) is 40.4 Å². The standard InChI is InChI=1S/C17H20N4O2S/c1-2-13-15(24-17(18)20-13)16(23)19-10-11-5-7-12(8-6-11)21-9-3-4-14(21)22/h5-8H,2-4,9-10H2,1H3,(H2,18,20)(H,19,23). The Kier molecular flexibility index (Phi) is 4.80. The molecule has 2 heterocycles. The molecule has 1 aromatic carbocycles. The predicted molar refractivity (Wildman–Crippen MR) is 95.1 cm³/mol. The van der Waals surface area contributed by atoms with E-state index in [1.807, 2.05) is 31.2 Å². The molecule has 3 rings (SSSR count). The van der Waals surface area contributed by atoms with Crippen molar-refractivity contribution in [1.29, 1.82) is 0 Å². The normalized spacial score (nSPS) is 14.2. The summed E-state index contributed by atoms with van der Waals surface area (Å²) in [4.78, 5) is 30.6. The average molecular weight is 344 g/mol. The molecule has 126 valence electrons. The molecule has 0 bridgehead atoms. The van der Waals surface area contributed by atoms with E-state index in [-0.39, 0.29) is 11.8 Å². The van der Waals surface area contributed by atoms with E-state index in [0.29, 0.717) is 29.4 Å². The Morgan fingerprint density at radius 3 is 2.75 bits per heavy atom. The van der Waals surface area contributed by atoms with Crippen LogP contribution >= 0.6 is 11.3 Å². The minimum absolute atomic E-state index is 0.153. The number of anilines is 2. The van der Waals surface area contributed by atoms with Gasteiger partial charge in [-0.25, -0.2) is 4.98 Å². The van der Waals surface area contributed by atoms with Crippen LogP contribution in [-0.4, -0.2) is 23.3 Å². The molecule has 0 spiro atoms. The summed E-state index contributed by atoms with van der Waals surface area (Å²) in [6, 6.07) is 7.71. The van der Waals surface area contributed by atoms with Crippen molar-refractivity contribution >= 4 is 34.0 Å². The Morgan fingerprint density at radius 2 is 2.12 bits per heavy atom. The lowest BCUT2D eigenvalue weighted by molar-refractivity contribution is -0.117. The molecule has 2 aromatic rings. The number of amides is 2. The summed E-state index contributed by atoms with van der Waals surface area (Å²) in [5.41, 5.74) is 8.31. The lowest BCUT2D eigenvalue weighted by atomic mass is 10.2. The van der Waals surface area contributed by atoms with Gasteiger partial charge in [0.15, 0.2) is 5.13 Å². The van der Waals surface area contributed by atoms with E-state index in [2.05, 4.69) is 10.3 Å². The fourth-order valence-corrected chi connectivity index (χ4v) is 3.60. The summed E-state index contributed by atoms with van der Waals surface area (Å²) in [5.74, 6) is 0.0192. The molecule has 6 nitrogen and oxygen atoms in total. The highest BCUT2D eigenvalue weighted by molar-refractivity contribution is 7.17. The molecule has 1 fully saturated rings. The number of nitrogens with one attached hydrogen (secondary N) is 1. The van der Waals surface area contributed by atoms with Crippen molar-refractivity contribution in [2.75, 3.05) is 17.2 Å². The minimum Gasteiger partial charge on any atom is -0.375 e. The Hall–Kier alpha value is -2.41. The van der Waals surface area contributed by atoms with Crippen molar-refractivity contribution < 1.29 is 9.59 Å². The quantitative estimate of drug-likeness (QED) is 0.871. The van der Waals surface area contributed by atoms with Crippen molar-refractivity contribution in [2.24, 2.45) is 0 Å². The number of rotatable bonds is 5. The lowest BCUT2D eigenvalue weighted by Crippen LogP contribution is -2.24. The van der Waals surface area contributed by atoms with Crippen LogP contribution in [0.3, 0.4) is 0 Å². The third kappa shape index (κ3) is 3.41. The van der Waals surface area contributed by atoms with Gasteiger partial charge in [0.2, 0.25) is 5.91 Å². The van der Waals surface area contributed by atoms with E-state index in [1.54, 1.807) is 4.90 Å². The zero-order valence-electron chi connectivity index (χ0n) is 13.5. The van der Waals surface area contributed by atoms with Crippen molar-refractivity contribution in [2.45, 2.75) is 32.7 Å². The SMILES string of the molecule is CCc1nc(N)sc1C(=O)NCc1ccc(N2CCCC2=O)cc1. The van der Waals surface area contributed by atoms with E-state index < -0.39 is 0 Å². The van der Waals surface area contributed by atoms with Crippen LogP contribution in [0.2, 0.25) is 0 Å². The zero-order chi connectivity index (χ0) is 17.1. The second-order valence-corrected chi connectivity index (χ2v) is 6.71. The first kappa shape index (κ1) is 16.4. The second-order valence-electron chi connectivity index (χ2n) is 5.68. The third-order valence-electron chi connectivity index (χ3n) is 4.03. The predicted octanol–water partition coefficient (Wildman–Crippen LogP) is 2.34. The molecular weight excluding hydrogens is 324 g/mol. The first-order valence-corrected chi connectivity index (χ1v) is 8.83. The van der Waals surface area contributed by atoms with Gasteiger partial charge in [-0.2, -0.15) is 0 Å². The van der Waals surface area contributed by atoms with Crippen molar-refractivity contribution in [1.82, 2.24) is 10.3 Å². The molecule has 0 atom stereocenters. The fourth-order valence-electron chi connectivity index (χ4n) is 2.76. The number of hydrogen-bond acceptors (Lipinski definition) is 5. The Morgan fingerprint density at radius 1 is 1.38 bits per heavy atom. The van der Waals surface area contributed by atoms with Gasteiger partial charge < -0.3 is 16.0 Å². The average Bonchev–Trinajstić information content (AvgIpc) is 3.18. The molecule has 1 saturated heterocycles. The highest BCUT2D eigenvalue weighted by atomic mass is 32.1. The number of benzene rings is 1. The number of hydrogen-bond donors (Lipinski definition) is 2. The molecule has 0 saturated carbocycles. The maximum Gasteiger partial charge on any atom is 0.263 e. The molecule has 0 aliphatic carbocycles. The van der Waals surface area contributed by atoms with Gasteiger partial charge in [-0.1, -0.05) is 30.4 Å². The Bertz CT molecular complexity index is 754. The smallest absolute Gasteiger partial charge is 0.263 e. The number of carbonyl (C=O) groups is 2. The molecule has 0 radical (unpaired) electrons. The summed E-state index contributed by atoms with van der Waals surface area (Å²) >= 11 is 1.21. The van der Waals surface area contributed by atoms with E-state index in [1.165, 1.54) is 11.3 Å². The summed E-state index contributed by atoms with van der Waals surface area (Å²) in [7, 11) is 0. The zero-order valence-corrected chi connectivity index (χ0v) is 14.4. The molecular formula is C17H20N4O2S. The third-order valence-corrected chi connectivity index (χ3v) is 4.96. The van der Waals surface area contributed by atoms with Crippen LogP contribution in [0.5, 0.6) is 0 Å². The monoisotopic (exact) mass is 344 g/mol. The fraction of sp³-hybridized carbons (Fsp3) is 0.353. The van der Waals surface area contributed by atoms with Crippen LogP contribution in [0.15, 0.2) is 24.3 Å². The summed E-state index contributed by atoms with van der Waals surface area (Å²) in [5, 5.41) is 3.31. The molecule has 24 heavy (non-hydrogen) atoms. The van der Waals surface area contributed by atoms with Crippen LogP contribution in [-0.2, 0) is 17.8 Å². The highest BCUT2D eigenvalue weighted by Gasteiger charge is 2.21. The maximum atomic E-state index is 12.3. The van der Waals surface area contributed by atoms with Gasteiger partial charge in [0.05, 0.1) is 5.69 Å². The van der Waals surface area contributed by atoms with Gasteiger partial charge in [-0.3, -0.25) is 9.59 Å². The van der Waals surface area contributed by atoms with Crippen LogP contribution < -0.4 is 16.0 Å². The van der Waals surface area contributed by atoms with Gasteiger partial charge in [0.25, 0.3) is 5.91 Å². The Balaban J connectivity index is 1.62. The highest BCUT2D eigenvalue weighted by Crippen LogP contribution is 2.22.